The molecule has 1 atom stereocenters. The quantitative estimate of drug-likeness (QED) is 0.654. The van der Waals surface area contributed by atoms with Crippen LogP contribution in [0, 0.1) is 5.92 Å². The summed E-state index contributed by atoms with van der Waals surface area (Å²) in [6.45, 7) is 6.81. The molecule has 3 fully saturated rings. The zero-order chi connectivity index (χ0) is 19.1. The van der Waals surface area contributed by atoms with E-state index in [1.165, 1.54) is 0 Å². The number of hydrogen-bond acceptors (Lipinski definition) is 6. The number of piperidine rings is 2. The molecule has 0 radical (unpaired) electrons. The number of nitrogens with zero attached hydrogens (tertiary/aromatic N) is 3. The molecule has 0 bridgehead atoms. The van der Waals surface area contributed by atoms with Crippen LogP contribution in [-0.4, -0.2) is 106 Å². The van der Waals surface area contributed by atoms with E-state index >= 15 is 0 Å². The minimum Gasteiger partial charge on any atom is -0.447 e. The fourth-order valence-corrected chi connectivity index (χ4v) is 4.30. The Bertz CT molecular complexity index is 490. The van der Waals surface area contributed by atoms with Crippen molar-refractivity contribution in [1.82, 2.24) is 14.7 Å². The van der Waals surface area contributed by atoms with Crippen molar-refractivity contribution in [2.45, 2.75) is 31.7 Å². The Balaban J connectivity index is 1.44. The van der Waals surface area contributed by atoms with E-state index in [0.717, 1.165) is 65.0 Å². The van der Waals surface area contributed by atoms with E-state index in [2.05, 4.69) is 4.90 Å². The van der Waals surface area contributed by atoms with E-state index in [1.807, 2.05) is 4.90 Å². The molecule has 3 heterocycles. The molecule has 0 aromatic rings. The fourth-order valence-electron chi connectivity index (χ4n) is 4.30. The summed E-state index contributed by atoms with van der Waals surface area (Å²) in [7, 11) is 1.59. The van der Waals surface area contributed by atoms with Gasteiger partial charge in [0.05, 0.1) is 25.7 Å². The molecule has 3 aliphatic heterocycles. The Morgan fingerprint density at radius 2 is 1.70 bits per heavy atom. The average Bonchev–Trinajstić information content (AvgIpc) is 2.74. The van der Waals surface area contributed by atoms with Gasteiger partial charge < -0.3 is 24.0 Å². The number of hydrogen-bond donors (Lipinski definition) is 0. The van der Waals surface area contributed by atoms with Gasteiger partial charge in [-0.1, -0.05) is 0 Å². The number of rotatable bonds is 5. The molecule has 0 N–H and O–H groups in total. The molecule has 0 unspecified atom stereocenters. The van der Waals surface area contributed by atoms with Crippen LogP contribution in [-0.2, 0) is 19.0 Å². The lowest BCUT2D eigenvalue weighted by Crippen LogP contribution is -2.53. The number of likely N-dealkylation sites (tertiary alicyclic amines) is 2. The first-order chi connectivity index (χ1) is 13.2. The first kappa shape index (κ1) is 20.4. The first-order valence-corrected chi connectivity index (χ1v) is 10.2. The van der Waals surface area contributed by atoms with Crippen molar-refractivity contribution in [1.29, 1.82) is 0 Å². The maximum atomic E-state index is 12.8. The summed E-state index contributed by atoms with van der Waals surface area (Å²) in [5.74, 6) is 0.399. The molecule has 27 heavy (non-hydrogen) atoms. The fraction of sp³-hybridized carbons (Fsp3) is 0.895. The monoisotopic (exact) mass is 383 g/mol. The largest absolute Gasteiger partial charge is 0.447 e. The third-order valence-electron chi connectivity index (χ3n) is 5.88. The third kappa shape index (κ3) is 5.56. The predicted molar refractivity (Wildman–Crippen MR) is 99.5 cm³/mol. The Kier molecular flexibility index (Phi) is 7.72. The van der Waals surface area contributed by atoms with Crippen LogP contribution in [0.2, 0.25) is 0 Å². The maximum absolute atomic E-state index is 12.8. The van der Waals surface area contributed by atoms with E-state index in [4.69, 9.17) is 14.2 Å². The van der Waals surface area contributed by atoms with Gasteiger partial charge in [-0.15, -0.1) is 0 Å². The molecule has 0 aromatic heterocycles. The van der Waals surface area contributed by atoms with Gasteiger partial charge in [0, 0.05) is 45.9 Å². The lowest BCUT2D eigenvalue weighted by molar-refractivity contribution is -0.141. The highest BCUT2D eigenvalue weighted by molar-refractivity contribution is 5.79. The van der Waals surface area contributed by atoms with Crippen molar-refractivity contribution in [3.8, 4) is 0 Å². The molecule has 0 aromatic carbocycles. The van der Waals surface area contributed by atoms with Crippen LogP contribution in [0.3, 0.4) is 0 Å². The number of methoxy groups -OCH3 is 1. The Hall–Kier alpha value is -1.38. The zero-order valence-electron chi connectivity index (χ0n) is 16.4. The summed E-state index contributed by atoms with van der Waals surface area (Å²) >= 11 is 0. The second-order valence-corrected chi connectivity index (χ2v) is 7.60. The van der Waals surface area contributed by atoms with Crippen LogP contribution in [0.25, 0.3) is 0 Å². The van der Waals surface area contributed by atoms with Crippen molar-refractivity contribution in [2.24, 2.45) is 5.92 Å². The van der Waals surface area contributed by atoms with Crippen molar-refractivity contribution in [3.63, 3.8) is 0 Å². The van der Waals surface area contributed by atoms with Crippen LogP contribution in [0.4, 0.5) is 4.79 Å². The van der Waals surface area contributed by atoms with E-state index in [1.54, 1.807) is 12.0 Å². The van der Waals surface area contributed by atoms with Gasteiger partial charge in [-0.25, -0.2) is 4.79 Å². The summed E-state index contributed by atoms with van der Waals surface area (Å²) in [5.41, 5.74) is 0. The summed E-state index contributed by atoms with van der Waals surface area (Å²) < 4.78 is 15.5. The van der Waals surface area contributed by atoms with Crippen molar-refractivity contribution in [2.75, 3.05) is 72.8 Å². The predicted octanol–water partition coefficient (Wildman–Crippen LogP) is 0.805. The second-order valence-electron chi connectivity index (χ2n) is 7.60. The van der Waals surface area contributed by atoms with Crippen molar-refractivity contribution >= 4 is 12.0 Å². The molecule has 0 saturated carbocycles. The molecule has 2 amide bonds. The Labute approximate surface area is 161 Å². The highest BCUT2D eigenvalue weighted by Gasteiger charge is 2.34. The van der Waals surface area contributed by atoms with E-state index in [-0.39, 0.29) is 12.0 Å². The number of carbonyl (C=O) groups is 2. The smallest absolute Gasteiger partial charge is 0.409 e. The van der Waals surface area contributed by atoms with Crippen LogP contribution in [0.5, 0.6) is 0 Å². The van der Waals surface area contributed by atoms with E-state index in [0.29, 0.717) is 38.4 Å². The minimum absolute atomic E-state index is 0.105. The Morgan fingerprint density at radius 1 is 0.963 bits per heavy atom. The summed E-state index contributed by atoms with van der Waals surface area (Å²) in [6.07, 6.45) is 3.69. The van der Waals surface area contributed by atoms with E-state index < -0.39 is 0 Å². The number of carbonyl (C=O) groups excluding carboxylic acids is 2. The molecule has 3 rings (SSSR count). The lowest BCUT2D eigenvalue weighted by Gasteiger charge is -2.42. The van der Waals surface area contributed by atoms with Crippen molar-refractivity contribution < 1.29 is 23.8 Å². The molecule has 3 saturated heterocycles. The summed E-state index contributed by atoms with van der Waals surface area (Å²) in [5, 5.41) is 0. The maximum Gasteiger partial charge on any atom is 0.409 e. The normalized spacial score (nSPS) is 25.4. The van der Waals surface area contributed by atoms with E-state index in [9.17, 15) is 9.59 Å². The first-order valence-electron chi connectivity index (χ1n) is 10.2. The molecule has 3 aliphatic rings. The topological polar surface area (TPSA) is 71.6 Å². The summed E-state index contributed by atoms with van der Waals surface area (Å²) in [4.78, 5) is 31.1. The molecular weight excluding hydrogens is 350 g/mol. The van der Waals surface area contributed by atoms with Crippen LogP contribution in [0.1, 0.15) is 25.7 Å². The second kappa shape index (κ2) is 10.2. The number of amides is 2. The highest BCUT2D eigenvalue weighted by Crippen LogP contribution is 2.25. The number of ether oxygens (including phenoxy) is 3. The molecule has 8 heteroatoms. The average molecular weight is 383 g/mol. The molecule has 0 spiro atoms. The standard InChI is InChI=1S/C19H33N3O5/c1-25-13-14-27-19(24)21-7-4-17(5-8-21)22-6-2-3-16(15-22)18(23)20-9-11-26-12-10-20/h16-17H,2-15H2,1H3/t16-/m0/s1. The number of morpholine rings is 1. The zero-order valence-corrected chi connectivity index (χ0v) is 16.4. The van der Waals surface area contributed by atoms with Crippen LogP contribution >= 0.6 is 0 Å². The highest BCUT2D eigenvalue weighted by atomic mass is 16.6. The van der Waals surface area contributed by atoms with Gasteiger partial charge in [0.25, 0.3) is 0 Å². The minimum atomic E-state index is -0.246. The van der Waals surface area contributed by atoms with Gasteiger partial charge in [0.15, 0.2) is 0 Å². The van der Waals surface area contributed by atoms with Gasteiger partial charge in [0.2, 0.25) is 5.91 Å². The summed E-state index contributed by atoms with van der Waals surface area (Å²) in [6, 6.07) is 0.452. The van der Waals surface area contributed by atoms with Crippen molar-refractivity contribution in [3.05, 3.63) is 0 Å². The third-order valence-corrected chi connectivity index (χ3v) is 5.88. The van der Waals surface area contributed by atoms with Gasteiger partial charge in [-0.05, 0) is 32.2 Å². The van der Waals surface area contributed by atoms with Gasteiger partial charge in [0.1, 0.15) is 6.61 Å². The molecule has 154 valence electrons. The molecule has 0 aliphatic carbocycles. The molecular formula is C19H33N3O5. The SMILES string of the molecule is COCCOC(=O)N1CCC(N2CCC[C@H](C(=O)N3CCOCC3)C2)CC1. The Morgan fingerprint density at radius 3 is 2.41 bits per heavy atom. The van der Waals surface area contributed by atoms with Gasteiger partial charge in [-0.2, -0.15) is 0 Å². The van der Waals surface area contributed by atoms with Gasteiger partial charge >= 0.3 is 6.09 Å². The van der Waals surface area contributed by atoms with Gasteiger partial charge in [-0.3, -0.25) is 9.69 Å². The van der Waals surface area contributed by atoms with Crippen LogP contribution < -0.4 is 0 Å². The lowest BCUT2D eigenvalue weighted by atomic mass is 9.93. The van der Waals surface area contributed by atoms with Crippen LogP contribution in [0.15, 0.2) is 0 Å². The molecule has 8 nitrogen and oxygen atoms in total.